The number of hydrogen-bond acceptors (Lipinski definition) is 9. The van der Waals surface area contributed by atoms with Crippen molar-refractivity contribution in [2.75, 3.05) is 14.2 Å². The van der Waals surface area contributed by atoms with Crippen LogP contribution in [0.25, 0.3) is 6.08 Å². The van der Waals surface area contributed by atoms with E-state index in [-0.39, 0.29) is 22.8 Å². The van der Waals surface area contributed by atoms with E-state index < -0.39 is 29.9 Å². The van der Waals surface area contributed by atoms with Crippen LogP contribution < -0.4 is 18.9 Å². The molecule has 0 saturated carbocycles. The molecule has 0 amide bonds. The molecule has 0 fully saturated rings. The highest BCUT2D eigenvalue weighted by molar-refractivity contribution is 5.88. The van der Waals surface area contributed by atoms with Crippen molar-refractivity contribution in [1.82, 2.24) is 0 Å². The van der Waals surface area contributed by atoms with Gasteiger partial charge >= 0.3 is 17.9 Å². The summed E-state index contributed by atoms with van der Waals surface area (Å²) >= 11 is 0. The Kier molecular flexibility index (Phi) is 7.35. The number of rotatable bonds is 7. The molecule has 0 saturated heterocycles. The second kappa shape index (κ2) is 10.2. The first-order valence-corrected chi connectivity index (χ1v) is 10.3. The number of carbonyl (C=O) groups is 4. The molecule has 0 aromatic heterocycles. The van der Waals surface area contributed by atoms with Crippen molar-refractivity contribution in [1.29, 1.82) is 0 Å². The average Bonchev–Trinajstić information content (AvgIpc) is 2.77. The molecule has 1 aliphatic rings. The maximum absolute atomic E-state index is 12.0. The molecule has 1 aliphatic carbocycles. The van der Waals surface area contributed by atoms with E-state index >= 15 is 0 Å². The lowest BCUT2D eigenvalue weighted by atomic mass is 9.77. The maximum Gasteiger partial charge on any atom is 0.308 e. The summed E-state index contributed by atoms with van der Waals surface area (Å²) in [6, 6.07) is 8.11. The van der Waals surface area contributed by atoms with E-state index in [0.29, 0.717) is 28.7 Å². The van der Waals surface area contributed by atoms with Gasteiger partial charge in [-0.15, -0.1) is 0 Å². The molecule has 2 aromatic carbocycles. The Bertz CT molecular complexity index is 1180. The topological polar surface area (TPSA) is 114 Å². The summed E-state index contributed by atoms with van der Waals surface area (Å²) in [7, 11) is 2.85. The van der Waals surface area contributed by atoms with Crippen LogP contribution in [0.4, 0.5) is 0 Å². The zero-order valence-corrected chi connectivity index (χ0v) is 19.4. The molecular formula is C25H24O9. The van der Waals surface area contributed by atoms with Crippen molar-refractivity contribution in [3.63, 3.8) is 0 Å². The van der Waals surface area contributed by atoms with Crippen LogP contribution in [0.15, 0.2) is 35.9 Å². The van der Waals surface area contributed by atoms with E-state index in [0.717, 1.165) is 0 Å². The van der Waals surface area contributed by atoms with Gasteiger partial charge in [0.25, 0.3) is 0 Å². The Morgan fingerprint density at radius 3 is 1.97 bits per heavy atom. The van der Waals surface area contributed by atoms with Gasteiger partial charge in [-0.25, -0.2) is 0 Å². The molecule has 9 heteroatoms. The standard InChI is InChI=1S/C25H24O9/c1-13(27)32-20-7-6-16(9-21(20)30-4)24-19-11-23(33-14(2)28)22(31-5)10-17(19)8-18(12-26)25(24)34-15(3)29/h6-12,24-25H,1-5H3/t24-,25-/m0/s1. The van der Waals surface area contributed by atoms with E-state index in [4.69, 9.17) is 23.7 Å². The Morgan fingerprint density at radius 1 is 0.794 bits per heavy atom. The molecule has 2 aromatic rings. The number of hydrogen-bond donors (Lipinski definition) is 0. The first-order chi connectivity index (χ1) is 16.2. The second-order valence-electron chi connectivity index (χ2n) is 7.50. The highest BCUT2D eigenvalue weighted by Gasteiger charge is 2.37. The van der Waals surface area contributed by atoms with Gasteiger partial charge in [0.1, 0.15) is 12.4 Å². The van der Waals surface area contributed by atoms with Gasteiger partial charge in [-0.3, -0.25) is 19.2 Å². The lowest BCUT2D eigenvalue weighted by molar-refractivity contribution is -0.145. The Morgan fingerprint density at radius 2 is 1.41 bits per heavy atom. The third kappa shape index (κ3) is 5.09. The number of esters is 3. The minimum absolute atomic E-state index is 0.173. The first kappa shape index (κ1) is 24.5. The summed E-state index contributed by atoms with van der Waals surface area (Å²) in [6.07, 6.45) is 1.25. The second-order valence-corrected chi connectivity index (χ2v) is 7.50. The van der Waals surface area contributed by atoms with Crippen LogP contribution in [-0.2, 0) is 23.9 Å². The highest BCUT2D eigenvalue weighted by Crippen LogP contribution is 2.45. The van der Waals surface area contributed by atoms with Gasteiger partial charge in [-0.05, 0) is 47.0 Å². The van der Waals surface area contributed by atoms with Crippen LogP contribution in [0.2, 0.25) is 0 Å². The van der Waals surface area contributed by atoms with Gasteiger partial charge < -0.3 is 23.7 Å². The molecule has 34 heavy (non-hydrogen) atoms. The fraction of sp³-hybridized carbons (Fsp3) is 0.280. The van der Waals surface area contributed by atoms with Crippen LogP contribution >= 0.6 is 0 Å². The zero-order chi connectivity index (χ0) is 25.0. The summed E-state index contributed by atoms with van der Waals surface area (Å²) < 4.78 is 26.8. The SMILES string of the molecule is COc1cc([C@H]2c3cc(OC(C)=O)c(OC)cc3C=C(C=O)[C@@H]2OC(C)=O)ccc1OC(C)=O. The largest absolute Gasteiger partial charge is 0.493 e. The Labute approximate surface area is 196 Å². The minimum Gasteiger partial charge on any atom is -0.493 e. The van der Waals surface area contributed by atoms with E-state index in [2.05, 4.69) is 0 Å². The summed E-state index contributed by atoms with van der Waals surface area (Å²) in [5.41, 5.74) is 2.08. The number of fused-ring (bicyclic) bond motifs is 1. The van der Waals surface area contributed by atoms with Gasteiger partial charge in [0.15, 0.2) is 23.0 Å². The number of aldehydes is 1. The fourth-order valence-corrected chi connectivity index (χ4v) is 3.88. The predicted octanol–water partition coefficient (Wildman–Crippen LogP) is 3.21. The van der Waals surface area contributed by atoms with Gasteiger partial charge in [-0.1, -0.05) is 6.07 Å². The fourth-order valence-electron chi connectivity index (χ4n) is 3.88. The number of carbonyl (C=O) groups excluding carboxylic acids is 4. The molecule has 0 heterocycles. The summed E-state index contributed by atoms with van der Waals surface area (Å²) in [4.78, 5) is 47.0. The number of benzene rings is 2. The third-order valence-corrected chi connectivity index (χ3v) is 5.14. The van der Waals surface area contributed by atoms with Crippen molar-refractivity contribution in [3.8, 4) is 23.0 Å². The molecule has 178 valence electrons. The average molecular weight is 468 g/mol. The van der Waals surface area contributed by atoms with Crippen molar-refractivity contribution in [3.05, 3.63) is 52.6 Å². The van der Waals surface area contributed by atoms with Crippen LogP contribution in [0.3, 0.4) is 0 Å². The van der Waals surface area contributed by atoms with Gasteiger partial charge in [-0.2, -0.15) is 0 Å². The number of ether oxygens (including phenoxy) is 5. The van der Waals surface area contributed by atoms with Crippen molar-refractivity contribution in [2.24, 2.45) is 0 Å². The van der Waals surface area contributed by atoms with Crippen molar-refractivity contribution in [2.45, 2.75) is 32.8 Å². The van der Waals surface area contributed by atoms with Gasteiger partial charge in [0.2, 0.25) is 0 Å². The summed E-state index contributed by atoms with van der Waals surface area (Å²) in [5.74, 6) is -1.37. The van der Waals surface area contributed by atoms with Crippen molar-refractivity contribution < 1.29 is 42.9 Å². The quantitative estimate of drug-likeness (QED) is 0.343. The molecule has 0 unspecified atom stereocenters. The molecule has 2 atom stereocenters. The zero-order valence-electron chi connectivity index (χ0n) is 19.4. The molecule has 0 bridgehead atoms. The molecule has 3 rings (SSSR count). The first-order valence-electron chi connectivity index (χ1n) is 10.3. The third-order valence-electron chi connectivity index (χ3n) is 5.14. The molecular weight excluding hydrogens is 444 g/mol. The van der Waals surface area contributed by atoms with E-state index in [1.165, 1.54) is 35.0 Å². The van der Waals surface area contributed by atoms with Crippen LogP contribution in [0, 0.1) is 0 Å². The smallest absolute Gasteiger partial charge is 0.308 e. The molecule has 0 radical (unpaired) electrons. The monoisotopic (exact) mass is 468 g/mol. The minimum atomic E-state index is -0.967. The maximum atomic E-state index is 12.0. The van der Waals surface area contributed by atoms with Crippen LogP contribution in [0.1, 0.15) is 43.4 Å². The summed E-state index contributed by atoms with van der Waals surface area (Å²) in [5, 5.41) is 0. The van der Waals surface area contributed by atoms with E-state index in [9.17, 15) is 19.2 Å². The highest BCUT2D eigenvalue weighted by atomic mass is 16.6. The van der Waals surface area contributed by atoms with E-state index in [1.807, 2.05) is 0 Å². The van der Waals surface area contributed by atoms with Crippen molar-refractivity contribution >= 4 is 30.3 Å². The van der Waals surface area contributed by atoms with Gasteiger partial charge in [0.05, 0.1) is 20.1 Å². The van der Waals surface area contributed by atoms with Crippen LogP contribution in [0.5, 0.6) is 23.0 Å². The Hall–Kier alpha value is -4.14. The number of methoxy groups -OCH3 is 2. The molecule has 0 N–H and O–H groups in total. The normalized spacial score (nSPS) is 16.4. The molecule has 0 spiro atoms. The van der Waals surface area contributed by atoms with Crippen LogP contribution in [-0.4, -0.2) is 44.5 Å². The molecule has 9 nitrogen and oxygen atoms in total. The molecule has 0 aliphatic heterocycles. The Balaban J connectivity index is 2.27. The van der Waals surface area contributed by atoms with Gasteiger partial charge in [0, 0.05) is 26.3 Å². The lowest BCUT2D eigenvalue weighted by Crippen LogP contribution is -2.31. The predicted molar refractivity (Wildman–Crippen MR) is 120 cm³/mol. The van der Waals surface area contributed by atoms with E-state index in [1.54, 1.807) is 36.4 Å². The lowest BCUT2D eigenvalue weighted by Gasteiger charge is -2.33. The summed E-state index contributed by atoms with van der Waals surface area (Å²) in [6.45, 7) is 3.78.